The van der Waals surface area contributed by atoms with Crippen LogP contribution < -0.4 is 10.6 Å². The molecule has 0 aliphatic carbocycles. The van der Waals surface area contributed by atoms with Gasteiger partial charge in [-0.2, -0.15) is 0 Å². The van der Waals surface area contributed by atoms with E-state index >= 15 is 0 Å². The fourth-order valence-corrected chi connectivity index (χ4v) is 2.12. The third-order valence-corrected chi connectivity index (χ3v) is 3.43. The summed E-state index contributed by atoms with van der Waals surface area (Å²) in [6.07, 6.45) is 0. The monoisotopic (exact) mass is 340 g/mol. The average molecular weight is 341 g/mol. The van der Waals surface area contributed by atoms with E-state index in [1.807, 2.05) is 43.1 Å². The van der Waals surface area contributed by atoms with Crippen molar-refractivity contribution in [2.75, 3.05) is 40.4 Å². The number of carbonyl (C=O) groups excluding carboxylic acids is 1. The van der Waals surface area contributed by atoms with E-state index in [2.05, 4.69) is 15.6 Å². The first-order valence-electron chi connectivity index (χ1n) is 7.57. The number of hydrogen-bond acceptors (Lipinski definition) is 3. The molecule has 0 aliphatic heterocycles. The summed E-state index contributed by atoms with van der Waals surface area (Å²) in [6.45, 7) is 4.35. The number of amides is 1. The highest BCUT2D eigenvalue weighted by atomic mass is 35.5. The molecule has 0 aromatic heterocycles. The van der Waals surface area contributed by atoms with Gasteiger partial charge >= 0.3 is 0 Å². The molecule has 0 atom stereocenters. The molecule has 0 spiro atoms. The predicted molar refractivity (Wildman–Crippen MR) is 93.8 cm³/mol. The van der Waals surface area contributed by atoms with Gasteiger partial charge in [-0.1, -0.05) is 29.8 Å². The molecule has 128 valence electrons. The molecule has 0 fully saturated rings. The van der Waals surface area contributed by atoms with Crippen LogP contribution in [0.5, 0.6) is 0 Å². The van der Waals surface area contributed by atoms with Crippen LogP contribution in [0.25, 0.3) is 0 Å². The lowest BCUT2D eigenvalue weighted by Crippen LogP contribution is -2.39. The summed E-state index contributed by atoms with van der Waals surface area (Å²) in [6, 6.07) is 7.68. The van der Waals surface area contributed by atoms with Crippen LogP contribution in [-0.2, 0) is 16.1 Å². The summed E-state index contributed by atoms with van der Waals surface area (Å²) >= 11 is 6.19. The fourth-order valence-electron chi connectivity index (χ4n) is 1.92. The van der Waals surface area contributed by atoms with Gasteiger partial charge in [0.15, 0.2) is 5.96 Å². The quantitative estimate of drug-likeness (QED) is 0.427. The van der Waals surface area contributed by atoms with Crippen LogP contribution in [0.15, 0.2) is 29.3 Å². The zero-order valence-electron chi connectivity index (χ0n) is 13.9. The van der Waals surface area contributed by atoms with Gasteiger partial charge in [0.05, 0.1) is 6.61 Å². The number of halogens is 1. The maximum absolute atomic E-state index is 11.7. The number of guanidine groups is 1. The SMILES string of the molecule is CCNC(=NCC(=O)NCCOC)N(C)Cc1ccccc1Cl. The minimum Gasteiger partial charge on any atom is -0.383 e. The van der Waals surface area contributed by atoms with Crippen LogP contribution in [0.2, 0.25) is 5.02 Å². The summed E-state index contributed by atoms with van der Waals surface area (Å²) < 4.78 is 4.89. The zero-order chi connectivity index (χ0) is 17.1. The van der Waals surface area contributed by atoms with Crippen molar-refractivity contribution >= 4 is 23.5 Å². The molecule has 0 heterocycles. The van der Waals surface area contributed by atoms with Crippen LogP contribution >= 0.6 is 11.6 Å². The second-order valence-electron chi connectivity index (χ2n) is 4.96. The Morgan fingerprint density at radius 1 is 1.35 bits per heavy atom. The lowest BCUT2D eigenvalue weighted by Gasteiger charge is -2.22. The molecule has 2 N–H and O–H groups in total. The molecule has 1 rings (SSSR count). The molecule has 23 heavy (non-hydrogen) atoms. The van der Waals surface area contributed by atoms with Crippen molar-refractivity contribution in [3.8, 4) is 0 Å². The van der Waals surface area contributed by atoms with E-state index in [1.165, 1.54) is 0 Å². The average Bonchev–Trinajstić information content (AvgIpc) is 2.53. The summed E-state index contributed by atoms with van der Waals surface area (Å²) in [5, 5.41) is 6.63. The molecular formula is C16H25ClN4O2. The number of aliphatic imine (C=N–C) groups is 1. The van der Waals surface area contributed by atoms with Crippen molar-refractivity contribution in [3.63, 3.8) is 0 Å². The number of rotatable bonds is 8. The van der Waals surface area contributed by atoms with Crippen LogP contribution in [0.1, 0.15) is 12.5 Å². The summed E-state index contributed by atoms with van der Waals surface area (Å²) in [5.74, 6) is 0.526. The molecule has 0 saturated carbocycles. The van der Waals surface area contributed by atoms with Gasteiger partial charge in [0.1, 0.15) is 6.54 Å². The topological polar surface area (TPSA) is 66.0 Å². The zero-order valence-corrected chi connectivity index (χ0v) is 14.7. The highest BCUT2D eigenvalue weighted by molar-refractivity contribution is 6.31. The Balaban J connectivity index is 2.63. The van der Waals surface area contributed by atoms with Gasteiger partial charge in [-0.25, -0.2) is 4.99 Å². The van der Waals surface area contributed by atoms with Gasteiger partial charge in [-0.15, -0.1) is 0 Å². The highest BCUT2D eigenvalue weighted by Crippen LogP contribution is 2.16. The number of nitrogens with one attached hydrogen (secondary N) is 2. The molecule has 0 unspecified atom stereocenters. The van der Waals surface area contributed by atoms with Crippen molar-refractivity contribution in [2.45, 2.75) is 13.5 Å². The van der Waals surface area contributed by atoms with E-state index in [1.54, 1.807) is 7.11 Å². The first kappa shape index (κ1) is 19.3. The van der Waals surface area contributed by atoms with Crippen LogP contribution in [0, 0.1) is 0 Å². The predicted octanol–water partition coefficient (Wildman–Crippen LogP) is 1.50. The number of methoxy groups -OCH3 is 1. The van der Waals surface area contributed by atoms with Crippen molar-refractivity contribution in [1.29, 1.82) is 0 Å². The van der Waals surface area contributed by atoms with E-state index in [4.69, 9.17) is 16.3 Å². The second kappa shape index (κ2) is 10.9. The third-order valence-electron chi connectivity index (χ3n) is 3.06. The first-order chi connectivity index (χ1) is 11.1. The van der Waals surface area contributed by atoms with Crippen molar-refractivity contribution < 1.29 is 9.53 Å². The Morgan fingerprint density at radius 2 is 2.09 bits per heavy atom. The number of benzene rings is 1. The fraction of sp³-hybridized carbons (Fsp3) is 0.500. The van der Waals surface area contributed by atoms with Gasteiger partial charge in [-0.05, 0) is 18.6 Å². The van der Waals surface area contributed by atoms with E-state index in [9.17, 15) is 4.79 Å². The number of carbonyl (C=O) groups is 1. The van der Waals surface area contributed by atoms with Gasteiger partial charge in [-0.3, -0.25) is 4.79 Å². The van der Waals surface area contributed by atoms with E-state index in [-0.39, 0.29) is 12.5 Å². The standard InChI is InChI=1S/C16H25ClN4O2/c1-4-18-16(20-11-15(22)19-9-10-23-3)21(2)12-13-7-5-6-8-14(13)17/h5-8H,4,9-12H2,1-3H3,(H,18,20)(H,19,22). The minimum atomic E-state index is -0.136. The Labute approximate surface area is 142 Å². The van der Waals surface area contributed by atoms with E-state index in [0.29, 0.717) is 30.7 Å². The Kier molecular flexibility index (Phi) is 9.09. The molecule has 1 aromatic rings. The smallest absolute Gasteiger partial charge is 0.241 e. The van der Waals surface area contributed by atoms with Crippen LogP contribution in [-0.4, -0.2) is 57.2 Å². The lowest BCUT2D eigenvalue weighted by molar-refractivity contribution is -0.119. The Bertz CT molecular complexity index is 523. The number of hydrogen-bond donors (Lipinski definition) is 2. The van der Waals surface area contributed by atoms with Crippen molar-refractivity contribution in [1.82, 2.24) is 15.5 Å². The highest BCUT2D eigenvalue weighted by Gasteiger charge is 2.09. The van der Waals surface area contributed by atoms with Crippen LogP contribution in [0.4, 0.5) is 0 Å². The van der Waals surface area contributed by atoms with E-state index in [0.717, 1.165) is 12.1 Å². The molecular weight excluding hydrogens is 316 g/mol. The first-order valence-corrected chi connectivity index (χ1v) is 7.94. The van der Waals surface area contributed by atoms with Crippen molar-refractivity contribution in [3.05, 3.63) is 34.9 Å². The Morgan fingerprint density at radius 3 is 2.74 bits per heavy atom. The molecule has 1 aromatic carbocycles. The van der Waals surface area contributed by atoms with E-state index < -0.39 is 0 Å². The normalized spacial score (nSPS) is 11.2. The number of ether oxygens (including phenoxy) is 1. The minimum absolute atomic E-state index is 0.0684. The molecule has 0 radical (unpaired) electrons. The molecule has 6 nitrogen and oxygen atoms in total. The summed E-state index contributed by atoms with van der Waals surface area (Å²) in [7, 11) is 3.50. The second-order valence-corrected chi connectivity index (χ2v) is 5.37. The third kappa shape index (κ3) is 7.34. The summed E-state index contributed by atoms with van der Waals surface area (Å²) in [5.41, 5.74) is 1.01. The van der Waals surface area contributed by atoms with Gasteiger partial charge in [0.25, 0.3) is 0 Å². The largest absolute Gasteiger partial charge is 0.383 e. The van der Waals surface area contributed by atoms with Gasteiger partial charge < -0.3 is 20.3 Å². The van der Waals surface area contributed by atoms with Crippen LogP contribution in [0.3, 0.4) is 0 Å². The number of nitrogens with zero attached hydrogens (tertiary/aromatic N) is 2. The maximum Gasteiger partial charge on any atom is 0.241 e. The van der Waals surface area contributed by atoms with Gasteiger partial charge in [0, 0.05) is 38.8 Å². The molecule has 0 aliphatic rings. The van der Waals surface area contributed by atoms with Crippen molar-refractivity contribution in [2.24, 2.45) is 4.99 Å². The molecule has 0 bridgehead atoms. The lowest BCUT2D eigenvalue weighted by atomic mass is 10.2. The molecule has 0 saturated heterocycles. The molecule has 1 amide bonds. The Hall–Kier alpha value is -1.79. The summed E-state index contributed by atoms with van der Waals surface area (Å²) in [4.78, 5) is 18.0. The maximum atomic E-state index is 11.7. The molecule has 7 heteroatoms. The van der Waals surface area contributed by atoms with Gasteiger partial charge in [0.2, 0.25) is 5.91 Å².